The normalized spacial score (nSPS) is 14.0. The van der Waals surface area contributed by atoms with Crippen LogP contribution < -0.4 is 10.1 Å². The molecule has 0 amide bonds. The molecule has 0 spiro atoms. The van der Waals surface area contributed by atoms with Crippen molar-refractivity contribution in [3.8, 4) is 5.75 Å². The molecule has 1 aromatic carbocycles. The van der Waals surface area contributed by atoms with Crippen LogP contribution in [0.15, 0.2) is 24.3 Å². The first-order valence-electron chi connectivity index (χ1n) is 5.85. The summed E-state index contributed by atoms with van der Waals surface area (Å²) in [5, 5.41) is 11.3. The summed E-state index contributed by atoms with van der Waals surface area (Å²) in [5.41, 5.74) is 0.631. The van der Waals surface area contributed by atoms with Gasteiger partial charge in [-0.2, -0.15) is 22.0 Å². The summed E-state index contributed by atoms with van der Waals surface area (Å²) in [6.45, 7) is 0.569. The molecule has 1 unspecified atom stereocenters. The maximum Gasteiger partial charge on any atom is 0.439 e. The zero-order valence-electron chi connectivity index (χ0n) is 10.6. The first-order valence-corrected chi connectivity index (χ1v) is 5.85. The smallest absolute Gasteiger partial charge is 0.430 e. The van der Waals surface area contributed by atoms with Gasteiger partial charge >= 0.3 is 12.3 Å². The van der Waals surface area contributed by atoms with Crippen LogP contribution >= 0.6 is 0 Å². The second-order valence-corrected chi connectivity index (χ2v) is 4.11. The van der Waals surface area contributed by atoms with E-state index >= 15 is 0 Å². The van der Waals surface area contributed by atoms with E-state index in [-0.39, 0.29) is 6.61 Å². The van der Waals surface area contributed by atoms with Gasteiger partial charge in [0.25, 0.3) is 6.17 Å². The molecule has 0 heterocycles. The number of alkyl halides is 6. The van der Waals surface area contributed by atoms with E-state index in [2.05, 4.69) is 10.1 Å². The molecule has 0 fully saturated rings. The van der Waals surface area contributed by atoms with Crippen LogP contribution in [0.2, 0.25) is 0 Å². The highest BCUT2D eigenvalue weighted by Crippen LogP contribution is 2.36. The Morgan fingerprint density at radius 2 is 1.67 bits per heavy atom. The average Bonchev–Trinajstić information content (AvgIpc) is 2.39. The lowest BCUT2D eigenvalue weighted by Crippen LogP contribution is -2.45. The third-order valence-electron chi connectivity index (χ3n) is 2.38. The third-order valence-corrected chi connectivity index (χ3v) is 2.38. The predicted octanol–water partition coefficient (Wildman–Crippen LogP) is 2.64. The lowest BCUT2D eigenvalue weighted by molar-refractivity contribution is -0.304. The molecule has 0 bridgehead atoms. The van der Waals surface area contributed by atoms with Gasteiger partial charge in [-0.1, -0.05) is 12.1 Å². The first-order chi connectivity index (χ1) is 9.66. The van der Waals surface area contributed by atoms with Crippen LogP contribution in [0.25, 0.3) is 0 Å². The number of nitrogens with one attached hydrogen (secondary N) is 1. The van der Waals surface area contributed by atoms with Crippen molar-refractivity contribution in [1.82, 2.24) is 5.32 Å². The Labute approximate surface area is 116 Å². The molecule has 2 N–H and O–H groups in total. The van der Waals surface area contributed by atoms with Gasteiger partial charge in [0.2, 0.25) is 0 Å². The Kier molecular flexibility index (Phi) is 5.85. The highest BCUT2D eigenvalue weighted by Gasteiger charge is 2.59. The van der Waals surface area contributed by atoms with E-state index in [1.54, 1.807) is 0 Å². The van der Waals surface area contributed by atoms with E-state index in [0.717, 1.165) is 12.1 Å². The third kappa shape index (κ3) is 5.43. The number of aliphatic hydroxyl groups excluding tert-OH is 1. The zero-order chi connectivity index (χ0) is 16.1. The van der Waals surface area contributed by atoms with Crippen LogP contribution in [0.1, 0.15) is 5.56 Å². The molecule has 1 aromatic rings. The Morgan fingerprint density at radius 3 is 2.14 bits per heavy atom. The van der Waals surface area contributed by atoms with Gasteiger partial charge in [-0.3, -0.25) is 0 Å². The van der Waals surface area contributed by atoms with Gasteiger partial charge in [0.15, 0.2) is 0 Å². The van der Waals surface area contributed by atoms with Crippen LogP contribution in [0.5, 0.6) is 5.75 Å². The minimum atomic E-state index is -5.71. The lowest BCUT2D eigenvalue weighted by atomic mass is 10.2. The molecule has 3 nitrogen and oxygen atoms in total. The van der Waals surface area contributed by atoms with E-state index in [0.29, 0.717) is 18.7 Å². The molecule has 0 aliphatic rings. The molecule has 0 aromatic heterocycles. The largest absolute Gasteiger partial charge is 0.439 e. The Hall–Kier alpha value is -1.48. The van der Waals surface area contributed by atoms with Crippen LogP contribution in [0.3, 0.4) is 0 Å². The summed E-state index contributed by atoms with van der Waals surface area (Å²) in [6.07, 6.45) is -15.1. The second-order valence-electron chi connectivity index (χ2n) is 4.11. The summed E-state index contributed by atoms with van der Waals surface area (Å²) in [6, 6.07) is 4.67. The molecule has 0 aliphatic heterocycles. The van der Waals surface area contributed by atoms with Crippen LogP contribution in [0, 0.1) is 0 Å². The summed E-state index contributed by atoms with van der Waals surface area (Å²) < 4.78 is 78.2. The number of aliphatic hydroxyl groups is 1. The van der Waals surface area contributed by atoms with Crippen LogP contribution in [0.4, 0.5) is 26.3 Å². The molecule has 1 atom stereocenters. The molecule has 21 heavy (non-hydrogen) atoms. The van der Waals surface area contributed by atoms with Gasteiger partial charge in [0, 0.05) is 13.1 Å². The van der Waals surface area contributed by atoms with Crippen molar-refractivity contribution in [2.45, 2.75) is 25.0 Å². The Morgan fingerprint density at radius 1 is 1.10 bits per heavy atom. The van der Waals surface area contributed by atoms with Gasteiger partial charge in [-0.25, -0.2) is 4.39 Å². The van der Waals surface area contributed by atoms with Crippen LogP contribution in [-0.2, 0) is 6.54 Å². The van der Waals surface area contributed by atoms with Gasteiger partial charge in [0.1, 0.15) is 5.75 Å². The second kappa shape index (κ2) is 6.99. The number of rotatable bonds is 7. The number of ether oxygens (including phenoxy) is 1. The number of hydrogen-bond donors (Lipinski definition) is 2. The SMILES string of the molecule is OCCNCc1ccc(OC(F)(F)C(F)C(F)(F)F)cc1. The highest BCUT2D eigenvalue weighted by molar-refractivity contribution is 5.27. The van der Waals surface area contributed by atoms with E-state index in [9.17, 15) is 26.3 Å². The summed E-state index contributed by atoms with van der Waals surface area (Å²) in [7, 11) is 0. The van der Waals surface area contributed by atoms with E-state index in [4.69, 9.17) is 5.11 Å². The predicted molar refractivity (Wildman–Crippen MR) is 61.8 cm³/mol. The summed E-state index contributed by atoms with van der Waals surface area (Å²) >= 11 is 0. The van der Waals surface area contributed by atoms with Crippen molar-refractivity contribution < 1.29 is 36.2 Å². The van der Waals surface area contributed by atoms with Gasteiger partial charge in [-0.15, -0.1) is 0 Å². The van der Waals surface area contributed by atoms with Crippen molar-refractivity contribution in [3.05, 3.63) is 29.8 Å². The van der Waals surface area contributed by atoms with Gasteiger partial charge < -0.3 is 15.2 Å². The van der Waals surface area contributed by atoms with Gasteiger partial charge in [0.05, 0.1) is 6.61 Å². The topological polar surface area (TPSA) is 41.5 Å². The fourth-order valence-electron chi connectivity index (χ4n) is 1.39. The van der Waals surface area contributed by atoms with E-state index < -0.39 is 24.2 Å². The molecule has 1 rings (SSSR count). The van der Waals surface area contributed by atoms with Crippen molar-refractivity contribution >= 4 is 0 Å². The minimum Gasteiger partial charge on any atom is -0.430 e. The van der Waals surface area contributed by atoms with Gasteiger partial charge in [-0.05, 0) is 17.7 Å². The standard InChI is InChI=1S/C12H13F6NO2/c13-10(11(14,15)16)12(17,18)21-9-3-1-8(2-4-9)7-19-5-6-20/h1-4,10,19-20H,5-7H2. The number of halogens is 6. The number of benzene rings is 1. The van der Waals surface area contributed by atoms with Crippen molar-refractivity contribution in [3.63, 3.8) is 0 Å². The molecule has 120 valence electrons. The van der Waals surface area contributed by atoms with E-state index in [1.165, 1.54) is 12.1 Å². The first kappa shape index (κ1) is 17.6. The van der Waals surface area contributed by atoms with E-state index in [1.807, 2.05) is 0 Å². The quantitative estimate of drug-likeness (QED) is 0.600. The lowest BCUT2D eigenvalue weighted by Gasteiger charge is -2.23. The molecule has 0 radical (unpaired) electrons. The molecule has 0 saturated heterocycles. The highest BCUT2D eigenvalue weighted by atomic mass is 19.4. The average molecular weight is 317 g/mol. The Balaban J connectivity index is 2.66. The fraction of sp³-hybridized carbons (Fsp3) is 0.500. The van der Waals surface area contributed by atoms with Crippen molar-refractivity contribution in [2.24, 2.45) is 0 Å². The van der Waals surface area contributed by atoms with Crippen molar-refractivity contribution in [1.29, 1.82) is 0 Å². The summed E-state index contributed by atoms with van der Waals surface area (Å²) in [5.74, 6) is -0.585. The monoisotopic (exact) mass is 317 g/mol. The maximum absolute atomic E-state index is 13.0. The molecular weight excluding hydrogens is 304 g/mol. The molecule has 0 aliphatic carbocycles. The van der Waals surface area contributed by atoms with Crippen molar-refractivity contribution in [2.75, 3.05) is 13.2 Å². The summed E-state index contributed by atoms with van der Waals surface area (Å²) in [4.78, 5) is 0. The minimum absolute atomic E-state index is 0.0806. The molecule has 0 saturated carbocycles. The van der Waals surface area contributed by atoms with Crippen LogP contribution in [-0.4, -0.2) is 36.7 Å². The zero-order valence-corrected chi connectivity index (χ0v) is 10.6. The fourth-order valence-corrected chi connectivity index (χ4v) is 1.39. The maximum atomic E-state index is 13.0. The Bertz CT molecular complexity index is 434. The number of hydrogen-bond acceptors (Lipinski definition) is 3. The molecule has 9 heteroatoms. The molecular formula is C12H13F6NO2.